The van der Waals surface area contributed by atoms with Crippen molar-refractivity contribution in [3.63, 3.8) is 0 Å². The van der Waals surface area contributed by atoms with E-state index in [1.165, 1.54) is 22.3 Å². The first kappa shape index (κ1) is 26.4. The molecule has 5 unspecified atom stereocenters. The van der Waals surface area contributed by atoms with Gasteiger partial charge in [-0.2, -0.15) is 0 Å². The number of allylic oxidation sites excluding steroid dienone is 1. The molecule has 2 saturated carbocycles. The van der Waals surface area contributed by atoms with Crippen molar-refractivity contribution in [3.05, 3.63) is 46.5 Å². The van der Waals surface area contributed by atoms with Crippen LogP contribution in [0, 0.1) is 22.7 Å². The molecule has 1 aromatic carbocycles. The van der Waals surface area contributed by atoms with Gasteiger partial charge in [0.15, 0.2) is 5.79 Å². The van der Waals surface area contributed by atoms with E-state index in [-0.39, 0.29) is 22.9 Å². The zero-order valence-corrected chi connectivity index (χ0v) is 23.4. The van der Waals surface area contributed by atoms with Crippen LogP contribution in [0.2, 0.25) is 0 Å². The van der Waals surface area contributed by atoms with Gasteiger partial charge in [-0.25, -0.2) is 0 Å². The number of aliphatic hydroxyl groups excluding tert-OH is 1. The number of aliphatic hydroxyl groups is 2. The summed E-state index contributed by atoms with van der Waals surface area (Å²) in [6.07, 6.45) is 6.52. The minimum Gasteiger partial charge on any atom is -0.393 e. The Morgan fingerprint density at radius 1 is 1.03 bits per heavy atom. The summed E-state index contributed by atoms with van der Waals surface area (Å²) < 4.78 is 12.8. The van der Waals surface area contributed by atoms with Crippen molar-refractivity contribution < 1.29 is 19.7 Å². The third-order valence-electron chi connectivity index (χ3n) is 10.5. The van der Waals surface area contributed by atoms with E-state index in [0.717, 1.165) is 44.9 Å². The number of aryl methyl sites for hydroxylation is 1. The molecule has 4 nitrogen and oxygen atoms in total. The molecule has 1 saturated heterocycles. The molecule has 3 fully saturated rings. The summed E-state index contributed by atoms with van der Waals surface area (Å²) in [5.41, 5.74) is 4.42. The first-order valence-corrected chi connectivity index (χ1v) is 14.5. The van der Waals surface area contributed by atoms with E-state index < -0.39 is 11.4 Å². The van der Waals surface area contributed by atoms with Gasteiger partial charge in [0.25, 0.3) is 0 Å². The van der Waals surface area contributed by atoms with Gasteiger partial charge in [-0.1, -0.05) is 70.9 Å². The molecule has 1 aromatic rings. The second-order valence-electron chi connectivity index (χ2n) is 13.5. The molecule has 1 aliphatic heterocycles. The zero-order chi connectivity index (χ0) is 25.9. The Bertz CT molecular complexity index is 982. The van der Waals surface area contributed by atoms with Crippen LogP contribution in [-0.2, 0) is 15.9 Å². The van der Waals surface area contributed by atoms with E-state index in [9.17, 15) is 10.2 Å². The molecule has 1 heterocycles. The largest absolute Gasteiger partial charge is 0.393 e. The van der Waals surface area contributed by atoms with E-state index in [0.29, 0.717) is 31.5 Å². The lowest BCUT2D eigenvalue weighted by Crippen LogP contribution is -2.58. The second kappa shape index (κ2) is 9.22. The number of benzene rings is 1. The quantitative estimate of drug-likeness (QED) is 0.465. The lowest BCUT2D eigenvalue weighted by atomic mass is 9.49. The van der Waals surface area contributed by atoms with Crippen molar-refractivity contribution >= 4 is 0 Å². The van der Waals surface area contributed by atoms with Gasteiger partial charge in [-0.3, -0.25) is 0 Å². The van der Waals surface area contributed by atoms with Crippen molar-refractivity contribution in [2.45, 2.75) is 116 Å². The number of rotatable bonds is 4. The Kier molecular flexibility index (Phi) is 6.76. The Morgan fingerprint density at radius 3 is 2.28 bits per heavy atom. The highest BCUT2D eigenvalue weighted by Gasteiger charge is 2.58. The third-order valence-corrected chi connectivity index (χ3v) is 10.5. The fourth-order valence-corrected chi connectivity index (χ4v) is 8.16. The minimum atomic E-state index is -0.871. The van der Waals surface area contributed by atoms with Gasteiger partial charge < -0.3 is 19.7 Å². The molecule has 2 N–H and O–H groups in total. The van der Waals surface area contributed by atoms with Crippen LogP contribution in [0.4, 0.5) is 0 Å². The predicted molar refractivity (Wildman–Crippen MR) is 144 cm³/mol. The van der Waals surface area contributed by atoms with E-state index in [4.69, 9.17) is 9.47 Å². The second-order valence-corrected chi connectivity index (χ2v) is 13.5. The van der Waals surface area contributed by atoms with Crippen LogP contribution in [0.1, 0.15) is 104 Å². The zero-order valence-electron chi connectivity index (χ0n) is 23.4. The summed E-state index contributed by atoms with van der Waals surface area (Å²) in [5.74, 6) is 0.378. The molecule has 3 aliphatic carbocycles. The minimum absolute atomic E-state index is 0.0170. The maximum absolute atomic E-state index is 12.3. The van der Waals surface area contributed by atoms with Crippen LogP contribution in [0.5, 0.6) is 0 Å². The Labute approximate surface area is 218 Å². The van der Waals surface area contributed by atoms with E-state index in [1.807, 2.05) is 6.92 Å². The SMILES string of the molecule is CCc1ccc([C@H]2CC(C)(C(C)O)C(CC)C3CCC4(O)CC5(CCC4=C32)OCC(C)(C)CO5)cc1. The lowest BCUT2D eigenvalue weighted by Gasteiger charge is -2.58. The van der Waals surface area contributed by atoms with Gasteiger partial charge in [-0.05, 0) is 73.0 Å². The average molecular weight is 497 g/mol. The number of hydrogen-bond acceptors (Lipinski definition) is 4. The van der Waals surface area contributed by atoms with Crippen LogP contribution in [0.3, 0.4) is 0 Å². The van der Waals surface area contributed by atoms with Gasteiger partial charge >= 0.3 is 0 Å². The van der Waals surface area contributed by atoms with Crippen molar-refractivity contribution in [1.29, 1.82) is 0 Å². The Hall–Kier alpha value is -1.20. The monoisotopic (exact) mass is 496 g/mol. The normalized spacial score (nSPS) is 38.4. The summed E-state index contributed by atoms with van der Waals surface area (Å²) in [5, 5.41) is 23.3. The van der Waals surface area contributed by atoms with Crippen LogP contribution < -0.4 is 0 Å². The van der Waals surface area contributed by atoms with Crippen molar-refractivity contribution in [1.82, 2.24) is 0 Å². The summed E-state index contributed by atoms with van der Waals surface area (Å²) in [6, 6.07) is 9.13. The Balaban J connectivity index is 1.58. The smallest absolute Gasteiger partial charge is 0.171 e. The summed E-state index contributed by atoms with van der Waals surface area (Å²) in [7, 11) is 0. The van der Waals surface area contributed by atoms with E-state index in [1.54, 1.807) is 0 Å². The van der Waals surface area contributed by atoms with Crippen LogP contribution >= 0.6 is 0 Å². The molecule has 4 heteroatoms. The van der Waals surface area contributed by atoms with Crippen LogP contribution in [-0.4, -0.2) is 40.9 Å². The van der Waals surface area contributed by atoms with Gasteiger partial charge in [-0.15, -0.1) is 0 Å². The van der Waals surface area contributed by atoms with Crippen molar-refractivity contribution in [2.24, 2.45) is 22.7 Å². The van der Waals surface area contributed by atoms with Gasteiger partial charge in [0.2, 0.25) is 0 Å². The van der Waals surface area contributed by atoms with Gasteiger partial charge in [0, 0.05) is 24.2 Å². The molecular weight excluding hydrogens is 448 g/mol. The standard InChI is InChI=1S/C32H48O4/c1-7-22-9-11-23(12-10-22)25-17-30(6,21(3)33)26(8-2)24-13-15-31(34)18-32(16-14-27(31)28(24)25)35-19-29(4,5)20-36-32/h9-12,21,24-26,33-34H,7-8,13-20H2,1-6H3/t21?,24?,25-,26?,30?,31?/m1/s1. The average Bonchev–Trinajstić information content (AvgIpc) is 2.85. The molecule has 0 radical (unpaired) electrons. The third kappa shape index (κ3) is 4.30. The molecule has 5 rings (SSSR count). The molecule has 200 valence electrons. The lowest BCUT2D eigenvalue weighted by molar-refractivity contribution is -0.322. The molecule has 4 aliphatic rings. The van der Waals surface area contributed by atoms with Gasteiger partial charge in [0.1, 0.15) is 0 Å². The molecule has 6 atom stereocenters. The topological polar surface area (TPSA) is 58.9 Å². The highest BCUT2D eigenvalue weighted by atomic mass is 16.7. The van der Waals surface area contributed by atoms with Crippen LogP contribution in [0.15, 0.2) is 35.4 Å². The fraction of sp³-hybridized carbons (Fsp3) is 0.750. The van der Waals surface area contributed by atoms with Gasteiger partial charge in [0.05, 0.1) is 24.9 Å². The number of fused-ring (bicyclic) bond motifs is 2. The molecular formula is C32H48O4. The predicted octanol–water partition coefficient (Wildman–Crippen LogP) is 6.54. The molecule has 36 heavy (non-hydrogen) atoms. The molecule has 1 spiro atoms. The summed E-state index contributed by atoms with van der Waals surface area (Å²) in [6.45, 7) is 14.5. The van der Waals surface area contributed by atoms with E-state index >= 15 is 0 Å². The number of ether oxygens (including phenoxy) is 2. The maximum Gasteiger partial charge on any atom is 0.171 e. The van der Waals surface area contributed by atoms with Crippen molar-refractivity contribution in [2.75, 3.05) is 13.2 Å². The summed E-state index contributed by atoms with van der Waals surface area (Å²) in [4.78, 5) is 0. The van der Waals surface area contributed by atoms with E-state index in [2.05, 4.69) is 58.9 Å². The number of hydrogen-bond donors (Lipinski definition) is 2. The first-order chi connectivity index (χ1) is 17.0. The molecule has 0 amide bonds. The fourth-order valence-electron chi connectivity index (χ4n) is 8.16. The highest BCUT2D eigenvalue weighted by molar-refractivity contribution is 5.43. The summed E-state index contributed by atoms with van der Waals surface area (Å²) >= 11 is 0. The molecule has 0 aromatic heterocycles. The van der Waals surface area contributed by atoms with Crippen molar-refractivity contribution in [3.8, 4) is 0 Å². The maximum atomic E-state index is 12.3. The Morgan fingerprint density at radius 2 is 1.69 bits per heavy atom. The van der Waals surface area contributed by atoms with Crippen LogP contribution in [0.25, 0.3) is 0 Å². The first-order valence-electron chi connectivity index (χ1n) is 14.5. The highest BCUT2D eigenvalue weighted by Crippen LogP contribution is 2.63. The molecule has 0 bridgehead atoms.